The Morgan fingerprint density at radius 3 is 2.35 bits per heavy atom. The quantitative estimate of drug-likeness (QED) is 0.834. The fraction of sp³-hybridized carbons (Fsp3) is 0.143. The molecule has 6 heteroatoms. The minimum absolute atomic E-state index is 0.224. The van der Waals surface area contributed by atoms with E-state index in [1.807, 2.05) is 0 Å². The minimum atomic E-state index is -3.91. The van der Waals surface area contributed by atoms with Gasteiger partial charge in [0.15, 0.2) is 0 Å². The molecule has 0 aliphatic rings. The topological polar surface area (TPSA) is 37.4 Å². The third-order valence-corrected chi connectivity index (χ3v) is 5.22. The predicted molar refractivity (Wildman–Crippen MR) is 80.7 cm³/mol. The van der Waals surface area contributed by atoms with Crippen molar-refractivity contribution in [1.29, 1.82) is 0 Å². The number of hydrogen-bond donors (Lipinski definition) is 0. The summed E-state index contributed by atoms with van der Waals surface area (Å²) in [6.07, 6.45) is 0. The van der Waals surface area contributed by atoms with Crippen molar-refractivity contribution in [3.63, 3.8) is 0 Å². The summed E-state index contributed by atoms with van der Waals surface area (Å²) in [5.74, 6) is -0.770. The summed E-state index contributed by atoms with van der Waals surface area (Å²) in [5, 5.41) is 0. The lowest BCUT2D eigenvalue weighted by Gasteiger charge is -2.23. The van der Waals surface area contributed by atoms with Crippen molar-refractivity contribution in [2.24, 2.45) is 0 Å². The lowest BCUT2D eigenvalue weighted by molar-refractivity contribution is 0.564. The molecule has 0 N–H and O–H groups in total. The van der Waals surface area contributed by atoms with Gasteiger partial charge in [0.05, 0.1) is 5.69 Å². The second-order valence-electron chi connectivity index (χ2n) is 4.08. The van der Waals surface area contributed by atoms with Crippen LogP contribution < -0.4 is 4.31 Å². The molecule has 2 aromatic carbocycles. The zero-order chi connectivity index (χ0) is 14.8. The van der Waals surface area contributed by atoms with Gasteiger partial charge in [0.2, 0.25) is 0 Å². The van der Waals surface area contributed by atoms with Crippen LogP contribution in [0.1, 0.15) is 6.92 Å². The molecule has 0 aliphatic carbocycles. The van der Waals surface area contributed by atoms with Crippen molar-refractivity contribution in [3.8, 4) is 0 Å². The summed E-state index contributed by atoms with van der Waals surface area (Å²) in [5.41, 5.74) is 0.511. The van der Waals surface area contributed by atoms with Gasteiger partial charge in [-0.05, 0) is 37.3 Å². The number of sulfonamides is 1. The molecule has 0 saturated carbocycles. The Morgan fingerprint density at radius 1 is 1.15 bits per heavy atom. The molecule has 0 atom stereocenters. The van der Waals surface area contributed by atoms with Gasteiger partial charge in [0.25, 0.3) is 10.0 Å². The standard InChI is InChI=1S/C14H13BrFNO2S/c1-2-17(12-6-4-3-5-7-12)20(18,19)14-9-8-11(15)10-13(14)16/h3-10H,2H2,1H3. The van der Waals surface area contributed by atoms with Gasteiger partial charge in [0, 0.05) is 11.0 Å². The van der Waals surface area contributed by atoms with E-state index in [2.05, 4.69) is 15.9 Å². The lowest BCUT2D eigenvalue weighted by atomic mass is 10.3. The van der Waals surface area contributed by atoms with Crippen LogP contribution in [0.4, 0.5) is 10.1 Å². The van der Waals surface area contributed by atoms with Crippen molar-refractivity contribution in [2.75, 3.05) is 10.8 Å². The van der Waals surface area contributed by atoms with Crippen molar-refractivity contribution in [3.05, 3.63) is 58.8 Å². The van der Waals surface area contributed by atoms with Gasteiger partial charge in [-0.25, -0.2) is 12.8 Å². The first-order chi connectivity index (χ1) is 9.46. The Labute approximate surface area is 126 Å². The Kier molecular flexibility index (Phi) is 4.45. The highest BCUT2D eigenvalue weighted by Gasteiger charge is 2.26. The number of anilines is 1. The number of para-hydroxylation sites is 1. The largest absolute Gasteiger partial charge is 0.267 e. The maximum Gasteiger partial charge on any atom is 0.267 e. The van der Waals surface area contributed by atoms with Gasteiger partial charge >= 0.3 is 0 Å². The zero-order valence-electron chi connectivity index (χ0n) is 10.8. The van der Waals surface area contributed by atoms with Gasteiger partial charge in [-0.1, -0.05) is 34.1 Å². The maximum atomic E-state index is 13.9. The number of halogens is 2. The highest BCUT2D eigenvalue weighted by Crippen LogP contribution is 2.26. The highest BCUT2D eigenvalue weighted by atomic mass is 79.9. The van der Waals surface area contributed by atoms with E-state index in [1.54, 1.807) is 37.3 Å². The molecule has 20 heavy (non-hydrogen) atoms. The second kappa shape index (κ2) is 5.93. The predicted octanol–water partition coefficient (Wildman–Crippen LogP) is 3.80. The van der Waals surface area contributed by atoms with E-state index in [0.717, 1.165) is 6.07 Å². The van der Waals surface area contributed by atoms with Gasteiger partial charge in [0.1, 0.15) is 10.7 Å². The first-order valence-electron chi connectivity index (χ1n) is 5.99. The highest BCUT2D eigenvalue weighted by molar-refractivity contribution is 9.10. The molecule has 3 nitrogen and oxygen atoms in total. The first kappa shape index (κ1) is 15.0. The SMILES string of the molecule is CCN(c1ccccc1)S(=O)(=O)c1ccc(Br)cc1F. The Balaban J connectivity index is 2.53. The number of benzene rings is 2. The van der Waals surface area contributed by atoms with E-state index in [1.165, 1.54) is 16.4 Å². The van der Waals surface area contributed by atoms with E-state index in [0.29, 0.717) is 10.2 Å². The molecular weight excluding hydrogens is 345 g/mol. The number of nitrogens with zero attached hydrogens (tertiary/aromatic N) is 1. The van der Waals surface area contributed by atoms with Gasteiger partial charge in [-0.15, -0.1) is 0 Å². The molecule has 2 aromatic rings. The molecule has 0 spiro atoms. The fourth-order valence-electron chi connectivity index (χ4n) is 1.89. The second-order valence-corrected chi connectivity index (χ2v) is 6.83. The van der Waals surface area contributed by atoms with Crippen molar-refractivity contribution < 1.29 is 12.8 Å². The van der Waals surface area contributed by atoms with E-state index in [4.69, 9.17) is 0 Å². The summed E-state index contributed by atoms with van der Waals surface area (Å²) in [4.78, 5) is -0.327. The summed E-state index contributed by atoms with van der Waals surface area (Å²) in [7, 11) is -3.91. The van der Waals surface area contributed by atoms with Gasteiger partial charge in [-0.3, -0.25) is 4.31 Å². The molecular formula is C14H13BrFNO2S. The van der Waals surface area contributed by atoms with Crippen molar-refractivity contribution >= 4 is 31.6 Å². The van der Waals surface area contributed by atoms with Crippen molar-refractivity contribution in [2.45, 2.75) is 11.8 Å². The van der Waals surface area contributed by atoms with Crippen molar-refractivity contribution in [1.82, 2.24) is 0 Å². The summed E-state index contributed by atoms with van der Waals surface area (Å²) in [6, 6.07) is 12.6. The van der Waals surface area contributed by atoms with Gasteiger partial charge in [-0.2, -0.15) is 0 Å². The van der Waals surface area contributed by atoms with Crippen LogP contribution in [0, 0.1) is 5.82 Å². The molecule has 0 amide bonds. The van der Waals surface area contributed by atoms with Crippen LogP contribution in [0.25, 0.3) is 0 Å². The van der Waals surface area contributed by atoms with E-state index in [-0.39, 0.29) is 11.4 Å². The van der Waals surface area contributed by atoms with Crippen LogP contribution in [0.15, 0.2) is 57.9 Å². The summed E-state index contributed by atoms with van der Waals surface area (Å²) < 4.78 is 40.7. The molecule has 106 valence electrons. The monoisotopic (exact) mass is 357 g/mol. The average Bonchev–Trinajstić information content (AvgIpc) is 2.40. The molecule has 0 saturated heterocycles. The van der Waals surface area contributed by atoms with Gasteiger partial charge < -0.3 is 0 Å². The molecule has 0 unspecified atom stereocenters. The average molecular weight is 358 g/mol. The Bertz CT molecular complexity index is 704. The van der Waals surface area contributed by atoms with Crippen LogP contribution in [0.5, 0.6) is 0 Å². The van der Waals surface area contributed by atoms with E-state index < -0.39 is 15.8 Å². The van der Waals surface area contributed by atoms with Crippen LogP contribution in [-0.2, 0) is 10.0 Å². The Morgan fingerprint density at radius 2 is 1.80 bits per heavy atom. The Hall–Kier alpha value is -1.40. The minimum Gasteiger partial charge on any atom is -0.267 e. The van der Waals surface area contributed by atoms with Crippen LogP contribution in [0.2, 0.25) is 0 Å². The van der Waals surface area contributed by atoms with Crippen LogP contribution in [0.3, 0.4) is 0 Å². The third kappa shape index (κ3) is 2.86. The number of hydrogen-bond acceptors (Lipinski definition) is 2. The molecule has 0 bridgehead atoms. The molecule has 0 fully saturated rings. The lowest BCUT2D eigenvalue weighted by Crippen LogP contribution is -2.31. The fourth-order valence-corrected chi connectivity index (χ4v) is 3.74. The third-order valence-electron chi connectivity index (χ3n) is 2.79. The van der Waals surface area contributed by atoms with E-state index >= 15 is 0 Å². The first-order valence-corrected chi connectivity index (χ1v) is 8.23. The van der Waals surface area contributed by atoms with Crippen LogP contribution in [-0.4, -0.2) is 15.0 Å². The molecule has 0 aromatic heterocycles. The summed E-state index contributed by atoms with van der Waals surface area (Å²) in [6.45, 7) is 1.93. The maximum absolute atomic E-state index is 13.9. The van der Waals surface area contributed by atoms with E-state index in [9.17, 15) is 12.8 Å². The molecule has 0 aliphatic heterocycles. The van der Waals surface area contributed by atoms with Crippen LogP contribution >= 0.6 is 15.9 Å². The zero-order valence-corrected chi connectivity index (χ0v) is 13.2. The molecule has 0 heterocycles. The number of rotatable bonds is 4. The molecule has 0 radical (unpaired) electrons. The smallest absolute Gasteiger partial charge is 0.267 e. The normalized spacial score (nSPS) is 11.3. The summed E-state index contributed by atoms with van der Waals surface area (Å²) >= 11 is 3.11. The molecule has 2 rings (SSSR count).